The average Bonchev–Trinajstić information content (AvgIpc) is 3.81. The Balaban J connectivity index is 1.02. The number of hydrogen-bond acceptors (Lipinski definition) is 2. The summed E-state index contributed by atoms with van der Waals surface area (Å²) in [6.45, 7) is 0. The number of rotatable bonds is 4. The first-order valence-electron chi connectivity index (χ1n) is 21.1. The van der Waals surface area contributed by atoms with E-state index in [0.717, 1.165) is 64.7 Å². The molecule has 0 atom stereocenters. The van der Waals surface area contributed by atoms with Gasteiger partial charge in [-0.25, -0.2) is 9.97 Å². The highest BCUT2D eigenvalue weighted by molar-refractivity contribution is 6.12. The molecule has 0 fully saturated rings. The van der Waals surface area contributed by atoms with E-state index in [1.807, 2.05) is 0 Å². The summed E-state index contributed by atoms with van der Waals surface area (Å²) in [4.78, 5) is 10.2. The van der Waals surface area contributed by atoms with E-state index in [4.69, 9.17) is 9.97 Å². The molecule has 4 heterocycles. The van der Waals surface area contributed by atoms with Crippen molar-refractivity contribution in [3.63, 3.8) is 0 Å². The highest BCUT2D eigenvalue weighted by atomic mass is 15.0. The van der Waals surface area contributed by atoms with Crippen molar-refractivity contribution in [1.29, 1.82) is 0 Å². The first-order chi connectivity index (χ1) is 29.7. The Hall–Kier alpha value is -7.56. The van der Waals surface area contributed by atoms with Crippen LogP contribution in [0.2, 0.25) is 0 Å². The van der Waals surface area contributed by atoms with Crippen LogP contribution < -0.4 is 0 Å². The van der Waals surface area contributed by atoms with Gasteiger partial charge in [0.05, 0.1) is 39.0 Å². The topological polar surface area (TPSA) is 35.6 Å². The first kappa shape index (κ1) is 33.4. The Morgan fingerprint density at radius 1 is 0.400 bits per heavy atom. The lowest BCUT2D eigenvalue weighted by atomic mass is 9.83. The summed E-state index contributed by atoms with van der Waals surface area (Å²) in [5, 5.41) is 6.18. The number of benzene rings is 7. The second-order valence-corrected chi connectivity index (χ2v) is 16.4. The molecule has 11 aromatic rings. The normalized spacial score (nSPS) is 13.5. The van der Waals surface area contributed by atoms with Crippen molar-refractivity contribution in [2.45, 2.75) is 25.7 Å². The molecule has 0 saturated carbocycles. The van der Waals surface area contributed by atoms with Crippen molar-refractivity contribution in [2.75, 3.05) is 0 Å². The molecule has 0 aliphatic heterocycles. The maximum atomic E-state index is 5.13. The summed E-state index contributed by atoms with van der Waals surface area (Å²) in [6.07, 6.45) is 6.34. The van der Waals surface area contributed by atoms with E-state index in [1.165, 1.54) is 82.9 Å². The molecular formula is C56H38N4. The summed E-state index contributed by atoms with van der Waals surface area (Å²) in [6, 6.07) is 64.1. The van der Waals surface area contributed by atoms with Crippen LogP contribution in [0.15, 0.2) is 176 Å². The van der Waals surface area contributed by atoms with Crippen molar-refractivity contribution in [3.8, 4) is 33.8 Å². The molecule has 2 aliphatic carbocycles. The van der Waals surface area contributed by atoms with Crippen LogP contribution in [0.5, 0.6) is 0 Å². The molecule has 0 bridgehead atoms. The van der Waals surface area contributed by atoms with E-state index in [1.54, 1.807) is 0 Å². The lowest BCUT2D eigenvalue weighted by molar-refractivity contribution is 0.895. The Morgan fingerprint density at radius 3 is 1.67 bits per heavy atom. The minimum atomic E-state index is 0.949. The Bertz CT molecular complexity index is 3590. The van der Waals surface area contributed by atoms with Gasteiger partial charge in [0.15, 0.2) is 0 Å². The predicted molar refractivity (Wildman–Crippen MR) is 249 cm³/mol. The second kappa shape index (κ2) is 13.0. The molecule has 4 aromatic heterocycles. The van der Waals surface area contributed by atoms with Crippen LogP contribution >= 0.6 is 0 Å². The maximum Gasteiger partial charge on any atom is 0.0709 e. The van der Waals surface area contributed by atoms with Crippen LogP contribution in [0.1, 0.15) is 34.5 Å². The number of allylic oxidation sites excluding steroid dienone is 1. The molecule has 7 aromatic carbocycles. The van der Waals surface area contributed by atoms with Crippen LogP contribution in [0.3, 0.4) is 0 Å². The fourth-order valence-corrected chi connectivity index (χ4v) is 10.2. The highest BCUT2D eigenvalue weighted by Crippen LogP contribution is 2.45. The highest BCUT2D eigenvalue weighted by Gasteiger charge is 2.27. The standard InChI is InChI=1S/C56H38N4/c1-3-13-41(14-4-1)59-53-27-23-39(51-25-21-35-11-7-9-17-49(35)57-51)31-45(53)47-29-37-19-20-38-30-48-46-32-40(52-26-22-36-12-8-10-18-50(36)58-52)24-28-54(46)60(42-15-5-2-6-16-42)56(48)34-44(38)43(37)33-55(47)59/h1-18,21-23,25-27,29-34H,19-20,24,28H2. The summed E-state index contributed by atoms with van der Waals surface area (Å²) < 4.78 is 4.98. The summed E-state index contributed by atoms with van der Waals surface area (Å²) in [5.74, 6) is 0. The van der Waals surface area contributed by atoms with Gasteiger partial charge in [-0.2, -0.15) is 0 Å². The molecule has 0 radical (unpaired) electrons. The quantitative estimate of drug-likeness (QED) is 0.179. The number of pyridine rings is 2. The molecule has 282 valence electrons. The minimum Gasteiger partial charge on any atom is -0.313 e. The van der Waals surface area contributed by atoms with Crippen molar-refractivity contribution in [2.24, 2.45) is 0 Å². The molecule has 4 heteroatoms. The van der Waals surface area contributed by atoms with Gasteiger partial charge in [-0.1, -0.05) is 91.0 Å². The van der Waals surface area contributed by atoms with Gasteiger partial charge in [0.1, 0.15) is 0 Å². The summed E-state index contributed by atoms with van der Waals surface area (Å²) in [7, 11) is 0. The third-order valence-corrected chi connectivity index (χ3v) is 13.1. The van der Waals surface area contributed by atoms with Gasteiger partial charge >= 0.3 is 0 Å². The molecule has 0 N–H and O–H groups in total. The van der Waals surface area contributed by atoms with Crippen molar-refractivity contribution in [1.82, 2.24) is 19.1 Å². The largest absolute Gasteiger partial charge is 0.313 e. The lowest BCUT2D eigenvalue weighted by Crippen LogP contribution is -2.06. The number of hydrogen-bond donors (Lipinski definition) is 0. The van der Waals surface area contributed by atoms with E-state index < -0.39 is 0 Å². The number of fused-ring (bicyclic) bond motifs is 11. The van der Waals surface area contributed by atoms with E-state index in [-0.39, 0.29) is 0 Å². The number of aromatic nitrogens is 4. The zero-order valence-corrected chi connectivity index (χ0v) is 32.9. The molecular weight excluding hydrogens is 729 g/mol. The number of para-hydroxylation sites is 4. The van der Waals surface area contributed by atoms with Gasteiger partial charge in [0.25, 0.3) is 0 Å². The smallest absolute Gasteiger partial charge is 0.0709 e. The zero-order valence-electron chi connectivity index (χ0n) is 32.9. The molecule has 0 unspecified atom stereocenters. The van der Waals surface area contributed by atoms with Gasteiger partial charge in [0, 0.05) is 55.1 Å². The van der Waals surface area contributed by atoms with Gasteiger partial charge in [-0.3, -0.25) is 0 Å². The Kier molecular flexibility index (Phi) is 7.23. The lowest BCUT2D eigenvalue weighted by Gasteiger charge is -2.22. The van der Waals surface area contributed by atoms with Crippen LogP contribution in [-0.2, 0) is 19.3 Å². The summed E-state index contributed by atoms with van der Waals surface area (Å²) in [5.41, 5.74) is 20.8. The van der Waals surface area contributed by atoms with Crippen molar-refractivity contribution >= 4 is 66.2 Å². The molecule has 4 nitrogen and oxygen atoms in total. The minimum absolute atomic E-state index is 0.949. The van der Waals surface area contributed by atoms with E-state index in [2.05, 4.69) is 191 Å². The molecule has 0 spiro atoms. The van der Waals surface area contributed by atoms with Crippen LogP contribution in [0, 0.1) is 0 Å². The van der Waals surface area contributed by atoms with Crippen molar-refractivity contribution in [3.05, 3.63) is 204 Å². The third-order valence-electron chi connectivity index (χ3n) is 13.1. The van der Waals surface area contributed by atoms with Crippen LogP contribution in [0.4, 0.5) is 0 Å². The van der Waals surface area contributed by atoms with Crippen LogP contribution in [0.25, 0.3) is 99.9 Å². The number of nitrogens with zero attached hydrogens (tertiary/aromatic N) is 4. The van der Waals surface area contributed by atoms with Gasteiger partial charge < -0.3 is 9.13 Å². The second-order valence-electron chi connectivity index (χ2n) is 16.4. The fourth-order valence-electron chi connectivity index (χ4n) is 10.2. The molecule has 0 saturated heterocycles. The SMILES string of the molecule is C1=C(c2ccc3ccccc3n2)CCc2c1c1cc3c(cc1n2-c1ccccc1)-c1cc2c(cc1CC3)c1cc(-c3ccc4ccccc4n3)ccc1n2-c1ccccc1. The van der Waals surface area contributed by atoms with Crippen LogP contribution in [-0.4, -0.2) is 19.1 Å². The Labute approximate surface area is 347 Å². The van der Waals surface area contributed by atoms with Crippen molar-refractivity contribution < 1.29 is 0 Å². The third kappa shape index (κ3) is 5.10. The maximum absolute atomic E-state index is 5.13. The fraction of sp³-hybridized carbons (Fsp3) is 0.0714. The number of aryl methyl sites for hydroxylation is 2. The molecule has 60 heavy (non-hydrogen) atoms. The molecule has 13 rings (SSSR count). The Morgan fingerprint density at radius 2 is 0.967 bits per heavy atom. The molecule has 0 amide bonds. The monoisotopic (exact) mass is 766 g/mol. The predicted octanol–water partition coefficient (Wildman–Crippen LogP) is 13.7. The zero-order chi connectivity index (χ0) is 39.3. The van der Waals surface area contributed by atoms with Gasteiger partial charge in [0.2, 0.25) is 0 Å². The van der Waals surface area contributed by atoms with E-state index >= 15 is 0 Å². The molecule has 2 aliphatic rings. The van der Waals surface area contributed by atoms with E-state index in [0.29, 0.717) is 0 Å². The summed E-state index contributed by atoms with van der Waals surface area (Å²) >= 11 is 0. The van der Waals surface area contributed by atoms with E-state index in [9.17, 15) is 0 Å². The first-order valence-corrected chi connectivity index (χ1v) is 21.1. The average molecular weight is 767 g/mol. The van der Waals surface area contributed by atoms with Gasteiger partial charge in [-0.05, 0) is 145 Å². The van der Waals surface area contributed by atoms with Gasteiger partial charge in [-0.15, -0.1) is 0 Å².